The standard InChI is InChI=1S/C15H30N2/c1-5-16-13-9-14-7-6-8-15(10-13)17(14)12(4)11(2)3/h11-16H,5-10H2,1-4H3. The summed E-state index contributed by atoms with van der Waals surface area (Å²) in [6, 6.07) is 3.24. The first-order valence-corrected chi connectivity index (χ1v) is 7.64. The van der Waals surface area contributed by atoms with E-state index in [1.54, 1.807) is 0 Å². The van der Waals surface area contributed by atoms with Crippen LogP contribution in [0.15, 0.2) is 0 Å². The molecule has 2 aliphatic heterocycles. The van der Waals surface area contributed by atoms with Gasteiger partial charge >= 0.3 is 0 Å². The normalized spacial score (nSPS) is 36.2. The summed E-state index contributed by atoms with van der Waals surface area (Å²) in [7, 11) is 0. The molecule has 2 heteroatoms. The van der Waals surface area contributed by atoms with Gasteiger partial charge in [0.1, 0.15) is 0 Å². The first-order chi connectivity index (χ1) is 8.13. The average Bonchev–Trinajstić information content (AvgIpc) is 2.27. The highest BCUT2D eigenvalue weighted by molar-refractivity contribution is 4.97. The Labute approximate surface area is 107 Å². The zero-order valence-electron chi connectivity index (χ0n) is 12.1. The van der Waals surface area contributed by atoms with Gasteiger partial charge in [0.05, 0.1) is 0 Å². The molecule has 0 amide bonds. The number of fused-ring (bicyclic) bond motifs is 2. The Balaban J connectivity index is 2.04. The van der Waals surface area contributed by atoms with Crippen LogP contribution in [-0.4, -0.2) is 35.6 Å². The minimum atomic E-state index is 0.757. The molecule has 0 aromatic heterocycles. The topological polar surface area (TPSA) is 15.3 Å². The smallest absolute Gasteiger partial charge is 0.0116 e. The molecule has 2 nitrogen and oxygen atoms in total. The summed E-state index contributed by atoms with van der Waals surface area (Å²) in [5.41, 5.74) is 0. The largest absolute Gasteiger partial charge is 0.314 e. The second-order valence-corrected chi connectivity index (χ2v) is 6.40. The van der Waals surface area contributed by atoms with E-state index in [0.717, 1.165) is 36.6 Å². The highest BCUT2D eigenvalue weighted by Crippen LogP contribution is 2.36. The summed E-state index contributed by atoms with van der Waals surface area (Å²) in [5, 5.41) is 3.68. The van der Waals surface area contributed by atoms with Gasteiger partial charge in [-0.3, -0.25) is 4.90 Å². The fourth-order valence-electron chi connectivity index (χ4n) is 3.88. The molecule has 0 radical (unpaired) electrons. The highest BCUT2D eigenvalue weighted by atomic mass is 15.2. The molecule has 2 aliphatic rings. The molecule has 3 unspecified atom stereocenters. The molecule has 0 aromatic carbocycles. The molecule has 2 heterocycles. The highest BCUT2D eigenvalue weighted by Gasteiger charge is 2.40. The van der Waals surface area contributed by atoms with Crippen molar-refractivity contribution < 1.29 is 0 Å². The van der Waals surface area contributed by atoms with Crippen LogP contribution < -0.4 is 5.32 Å². The Bertz CT molecular complexity index is 225. The van der Waals surface area contributed by atoms with Gasteiger partial charge in [-0.15, -0.1) is 0 Å². The number of nitrogens with one attached hydrogen (secondary N) is 1. The summed E-state index contributed by atoms with van der Waals surface area (Å²) >= 11 is 0. The van der Waals surface area contributed by atoms with Crippen LogP contribution in [0.3, 0.4) is 0 Å². The predicted octanol–water partition coefficient (Wildman–Crippen LogP) is 3.03. The Kier molecular flexibility index (Phi) is 4.48. The third kappa shape index (κ3) is 2.85. The van der Waals surface area contributed by atoms with Gasteiger partial charge in [-0.1, -0.05) is 27.2 Å². The lowest BCUT2D eigenvalue weighted by Gasteiger charge is -2.52. The van der Waals surface area contributed by atoms with Crippen molar-refractivity contribution in [3.05, 3.63) is 0 Å². The van der Waals surface area contributed by atoms with Gasteiger partial charge in [0.2, 0.25) is 0 Å². The van der Waals surface area contributed by atoms with E-state index in [4.69, 9.17) is 0 Å². The monoisotopic (exact) mass is 238 g/mol. The molecular weight excluding hydrogens is 208 g/mol. The third-order valence-electron chi connectivity index (χ3n) is 4.96. The van der Waals surface area contributed by atoms with Crippen LogP contribution >= 0.6 is 0 Å². The van der Waals surface area contributed by atoms with E-state index in [1.807, 2.05) is 0 Å². The molecule has 2 rings (SSSR count). The molecule has 0 spiro atoms. The zero-order chi connectivity index (χ0) is 12.4. The summed E-state index contributed by atoms with van der Waals surface area (Å²) in [5.74, 6) is 0.786. The van der Waals surface area contributed by atoms with Gasteiger partial charge in [-0.05, 0) is 45.1 Å². The minimum absolute atomic E-state index is 0.757. The van der Waals surface area contributed by atoms with Crippen LogP contribution in [0.4, 0.5) is 0 Å². The van der Waals surface area contributed by atoms with E-state index in [1.165, 1.54) is 32.1 Å². The average molecular weight is 238 g/mol. The van der Waals surface area contributed by atoms with Gasteiger partial charge < -0.3 is 5.32 Å². The molecule has 0 aliphatic carbocycles. The zero-order valence-corrected chi connectivity index (χ0v) is 12.1. The molecule has 0 aromatic rings. The predicted molar refractivity (Wildman–Crippen MR) is 74.3 cm³/mol. The first-order valence-electron chi connectivity index (χ1n) is 7.64. The first kappa shape index (κ1) is 13.4. The van der Waals surface area contributed by atoms with Crippen molar-refractivity contribution in [2.75, 3.05) is 6.54 Å². The van der Waals surface area contributed by atoms with Crippen LogP contribution in [0.2, 0.25) is 0 Å². The van der Waals surface area contributed by atoms with Crippen molar-refractivity contribution in [1.82, 2.24) is 10.2 Å². The van der Waals surface area contributed by atoms with Crippen LogP contribution in [0.5, 0.6) is 0 Å². The maximum Gasteiger partial charge on any atom is 0.0116 e. The van der Waals surface area contributed by atoms with E-state index in [-0.39, 0.29) is 0 Å². The lowest BCUT2D eigenvalue weighted by molar-refractivity contribution is -0.0188. The van der Waals surface area contributed by atoms with E-state index < -0.39 is 0 Å². The molecule has 17 heavy (non-hydrogen) atoms. The van der Waals surface area contributed by atoms with Crippen LogP contribution in [0, 0.1) is 5.92 Å². The molecular formula is C15H30N2. The molecule has 0 saturated carbocycles. The number of hydrogen-bond acceptors (Lipinski definition) is 2. The van der Waals surface area contributed by atoms with Crippen molar-refractivity contribution in [3.63, 3.8) is 0 Å². The minimum Gasteiger partial charge on any atom is -0.314 e. The lowest BCUT2D eigenvalue weighted by atomic mass is 9.79. The molecule has 100 valence electrons. The van der Waals surface area contributed by atoms with Crippen molar-refractivity contribution in [2.24, 2.45) is 5.92 Å². The Hall–Kier alpha value is -0.0800. The van der Waals surface area contributed by atoms with Crippen LogP contribution in [0.1, 0.15) is 59.8 Å². The third-order valence-corrected chi connectivity index (χ3v) is 4.96. The van der Waals surface area contributed by atoms with E-state index in [2.05, 4.69) is 37.9 Å². The molecule has 2 fully saturated rings. The van der Waals surface area contributed by atoms with Gasteiger partial charge in [0.25, 0.3) is 0 Å². The lowest BCUT2D eigenvalue weighted by Crippen LogP contribution is -2.59. The maximum absolute atomic E-state index is 3.68. The summed E-state index contributed by atoms with van der Waals surface area (Å²) < 4.78 is 0. The second-order valence-electron chi connectivity index (χ2n) is 6.40. The number of piperidine rings is 2. The van der Waals surface area contributed by atoms with E-state index >= 15 is 0 Å². The Morgan fingerprint density at radius 1 is 1.12 bits per heavy atom. The van der Waals surface area contributed by atoms with E-state index in [0.29, 0.717) is 0 Å². The summed E-state index contributed by atoms with van der Waals surface area (Å²) in [6.07, 6.45) is 7.06. The molecule has 2 saturated heterocycles. The Morgan fingerprint density at radius 3 is 2.18 bits per heavy atom. The van der Waals surface area contributed by atoms with Crippen molar-refractivity contribution in [1.29, 1.82) is 0 Å². The second kappa shape index (κ2) is 5.71. The van der Waals surface area contributed by atoms with Crippen LogP contribution in [0.25, 0.3) is 0 Å². The molecule has 3 atom stereocenters. The summed E-state index contributed by atoms with van der Waals surface area (Å²) in [4.78, 5) is 2.86. The number of rotatable bonds is 4. The quantitative estimate of drug-likeness (QED) is 0.810. The van der Waals surface area contributed by atoms with Gasteiger partial charge in [0.15, 0.2) is 0 Å². The van der Waals surface area contributed by atoms with Gasteiger partial charge in [-0.2, -0.15) is 0 Å². The fourth-order valence-corrected chi connectivity index (χ4v) is 3.88. The number of hydrogen-bond donors (Lipinski definition) is 1. The SMILES string of the molecule is CCNC1CC2CCCC(C1)N2C(C)C(C)C. The van der Waals surface area contributed by atoms with Gasteiger partial charge in [-0.25, -0.2) is 0 Å². The Morgan fingerprint density at radius 2 is 1.71 bits per heavy atom. The summed E-state index contributed by atoms with van der Waals surface area (Å²) in [6.45, 7) is 10.5. The maximum atomic E-state index is 3.68. The molecule has 1 N–H and O–H groups in total. The fraction of sp³-hybridized carbons (Fsp3) is 1.00. The van der Waals surface area contributed by atoms with E-state index in [9.17, 15) is 0 Å². The van der Waals surface area contributed by atoms with Crippen molar-refractivity contribution in [3.8, 4) is 0 Å². The van der Waals surface area contributed by atoms with Gasteiger partial charge in [0, 0.05) is 24.2 Å². The molecule has 2 bridgehead atoms. The van der Waals surface area contributed by atoms with Crippen LogP contribution in [-0.2, 0) is 0 Å². The van der Waals surface area contributed by atoms with Crippen molar-refractivity contribution >= 4 is 0 Å². The van der Waals surface area contributed by atoms with Crippen molar-refractivity contribution in [2.45, 2.75) is 84.0 Å². The number of nitrogens with zero attached hydrogens (tertiary/aromatic N) is 1.